The van der Waals surface area contributed by atoms with Crippen LogP contribution in [0.3, 0.4) is 0 Å². The van der Waals surface area contributed by atoms with Crippen molar-refractivity contribution in [3.63, 3.8) is 0 Å². The van der Waals surface area contributed by atoms with Gasteiger partial charge >= 0.3 is 0 Å². The largest absolute Gasteiger partial charge is 0.504 e. The first-order valence-electron chi connectivity index (χ1n) is 9.89. The van der Waals surface area contributed by atoms with E-state index in [4.69, 9.17) is 18.9 Å². The lowest BCUT2D eigenvalue weighted by atomic mass is 9.99. The number of benzene rings is 2. The molecule has 0 spiro atoms. The molecule has 33 heavy (non-hydrogen) atoms. The van der Waals surface area contributed by atoms with E-state index in [9.17, 15) is 35.4 Å². The molecule has 2 aliphatic heterocycles. The number of hydrogen-bond acceptors (Lipinski definition) is 11. The van der Waals surface area contributed by atoms with E-state index < -0.39 is 43.1 Å². The molecule has 6 N–H and O–H groups in total. The van der Waals surface area contributed by atoms with Crippen molar-refractivity contribution >= 4 is 11.9 Å². The van der Waals surface area contributed by atoms with Gasteiger partial charge in [-0.25, -0.2) is 0 Å². The van der Waals surface area contributed by atoms with E-state index in [1.807, 2.05) is 0 Å². The van der Waals surface area contributed by atoms with Gasteiger partial charge in [-0.15, -0.1) is 0 Å². The fourth-order valence-electron chi connectivity index (χ4n) is 3.57. The SMILES string of the molecule is COc1c(O[C@H]2O[C@@H](CO)[C@H](O)[C@@H](O)[C@@H]2O)ccc2c1O/C(=C/c1ccc(O)c(O)c1)C2=O. The van der Waals surface area contributed by atoms with Gasteiger partial charge in [-0.05, 0) is 35.9 Å². The lowest BCUT2D eigenvalue weighted by Gasteiger charge is -2.39. The predicted molar refractivity (Wildman–Crippen MR) is 110 cm³/mol. The van der Waals surface area contributed by atoms with E-state index in [0.717, 1.165) is 0 Å². The maximum absolute atomic E-state index is 12.8. The van der Waals surface area contributed by atoms with Crippen LogP contribution in [0, 0.1) is 0 Å². The molecule has 0 amide bonds. The van der Waals surface area contributed by atoms with Gasteiger partial charge in [0.15, 0.2) is 28.8 Å². The number of phenolic OH excluding ortho intramolecular Hbond substituents is 2. The number of aliphatic hydroxyl groups is 4. The molecule has 0 unspecified atom stereocenters. The fraction of sp³-hybridized carbons (Fsp3) is 0.318. The quantitative estimate of drug-likeness (QED) is 0.258. The van der Waals surface area contributed by atoms with E-state index in [2.05, 4.69) is 0 Å². The van der Waals surface area contributed by atoms with Crippen LogP contribution in [0.5, 0.6) is 28.7 Å². The third kappa shape index (κ3) is 4.08. The number of rotatable bonds is 5. The number of methoxy groups -OCH3 is 1. The van der Waals surface area contributed by atoms with Crippen molar-refractivity contribution in [3.05, 3.63) is 47.2 Å². The van der Waals surface area contributed by atoms with Crippen LogP contribution in [0.1, 0.15) is 15.9 Å². The molecule has 2 aromatic carbocycles. The molecular weight excluding hydrogens is 440 g/mol. The molecule has 0 saturated carbocycles. The number of carbonyl (C=O) groups is 1. The number of allylic oxidation sites excluding steroid dienone is 1. The third-order valence-corrected chi connectivity index (χ3v) is 5.35. The average Bonchev–Trinajstić information content (AvgIpc) is 3.11. The summed E-state index contributed by atoms with van der Waals surface area (Å²) < 4.78 is 22.0. The lowest BCUT2D eigenvalue weighted by Crippen LogP contribution is -2.60. The Morgan fingerprint density at radius 1 is 1.03 bits per heavy atom. The number of ether oxygens (including phenoxy) is 4. The summed E-state index contributed by atoms with van der Waals surface area (Å²) >= 11 is 0. The highest BCUT2D eigenvalue weighted by Gasteiger charge is 2.45. The van der Waals surface area contributed by atoms with Gasteiger partial charge in [0.2, 0.25) is 17.8 Å². The minimum Gasteiger partial charge on any atom is -0.504 e. The average molecular weight is 462 g/mol. The summed E-state index contributed by atoms with van der Waals surface area (Å²) in [6, 6.07) is 6.80. The first kappa shape index (κ1) is 22.8. The zero-order chi connectivity index (χ0) is 23.9. The number of phenols is 2. The Hall–Kier alpha value is -3.35. The molecular formula is C22H22O11. The molecule has 0 aliphatic carbocycles. The highest BCUT2D eigenvalue weighted by atomic mass is 16.7. The Morgan fingerprint density at radius 2 is 1.79 bits per heavy atom. The summed E-state index contributed by atoms with van der Waals surface area (Å²) in [5.74, 6) is -1.14. The predicted octanol–water partition coefficient (Wildman–Crippen LogP) is -0.0987. The van der Waals surface area contributed by atoms with Gasteiger partial charge in [0, 0.05) is 0 Å². The first-order valence-corrected chi connectivity index (χ1v) is 9.89. The summed E-state index contributed by atoms with van der Waals surface area (Å²) in [7, 11) is 1.31. The Labute approximate surface area is 187 Å². The highest BCUT2D eigenvalue weighted by Crippen LogP contribution is 2.46. The number of fused-ring (bicyclic) bond motifs is 1. The number of carbonyl (C=O) groups excluding carboxylic acids is 1. The third-order valence-electron chi connectivity index (χ3n) is 5.35. The van der Waals surface area contributed by atoms with Gasteiger partial charge in [-0.3, -0.25) is 4.79 Å². The van der Waals surface area contributed by atoms with Crippen LogP contribution in [-0.4, -0.2) is 80.8 Å². The highest BCUT2D eigenvalue weighted by molar-refractivity contribution is 6.15. The molecule has 176 valence electrons. The lowest BCUT2D eigenvalue weighted by molar-refractivity contribution is -0.277. The smallest absolute Gasteiger partial charge is 0.232 e. The summed E-state index contributed by atoms with van der Waals surface area (Å²) in [6.45, 7) is -0.620. The second-order valence-corrected chi connectivity index (χ2v) is 7.48. The Bertz CT molecular complexity index is 1090. The number of aromatic hydroxyl groups is 2. The zero-order valence-corrected chi connectivity index (χ0v) is 17.3. The molecule has 0 bridgehead atoms. The standard InChI is InChI=1S/C22H22O11/c1-30-21-13(32-22-19(29)18(28)17(27)15(8-23)33-22)5-3-10-16(26)14(31-20(10)21)7-9-2-4-11(24)12(25)6-9/h2-7,15,17-19,22-25,27-29H,8H2,1H3/b14-7+/t15-,17-,18+,19-,22-/m0/s1. The maximum atomic E-state index is 12.8. The second-order valence-electron chi connectivity index (χ2n) is 7.48. The van der Waals surface area contributed by atoms with E-state index >= 15 is 0 Å². The van der Waals surface area contributed by atoms with Gasteiger partial charge in [0.1, 0.15) is 24.4 Å². The number of ketones is 1. The summed E-state index contributed by atoms with van der Waals surface area (Å²) in [5, 5.41) is 58.5. The Balaban J connectivity index is 1.62. The van der Waals surface area contributed by atoms with Crippen molar-refractivity contribution in [2.45, 2.75) is 30.7 Å². The van der Waals surface area contributed by atoms with Crippen LogP contribution in [0.15, 0.2) is 36.1 Å². The van der Waals surface area contributed by atoms with Crippen LogP contribution in [0.2, 0.25) is 0 Å². The summed E-state index contributed by atoms with van der Waals surface area (Å²) in [6.07, 6.45) is -6.06. The fourth-order valence-corrected chi connectivity index (χ4v) is 3.57. The molecule has 2 aliphatic rings. The molecule has 2 aromatic rings. The van der Waals surface area contributed by atoms with Crippen LogP contribution in [0.4, 0.5) is 0 Å². The molecule has 2 heterocycles. The van der Waals surface area contributed by atoms with Gasteiger partial charge < -0.3 is 49.6 Å². The van der Waals surface area contributed by atoms with Crippen molar-refractivity contribution in [1.82, 2.24) is 0 Å². The molecule has 0 radical (unpaired) electrons. The van der Waals surface area contributed by atoms with Crippen molar-refractivity contribution in [3.8, 4) is 28.7 Å². The van der Waals surface area contributed by atoms with Gasteiger partial charge in [0.25, 0.3) is 0 Å². The molecule has 11 nitrogen and oxygen atoms in total. The van der Waals surface area contributed by atoms with Crippen molar-refractivity contribution in [2.75, 3.05) is 13.7 Å². The van der Waals surface area contributed by atoms with E-state index in [1.165, 1.54) is 43.5 Å². The molecule has 0 aromatic heterocycles. The van der Waals surface area contributed by atoms with Crippen molar-refractivity contribution in [1.29, 1.82) is 0 Å². The molecule has 5 atom stereocenters. The van der Waals surface area contributed by atoms with Gasteiger partial charge in [-0.2, -0.15) is 0 Å². The van der Waals surface area contributed by atoms with Gasteiger partial charge in [0.05, 0.1) is 19.3 Å². The van der Waals surface area contributed by atoms with Crippen LogP contribution >= 0.6 is 0 Å². The Kier molecular flexibility index (Phi) is 6.15. The number of hydrogen-bond donors (Lipinski definition) is 6. The first-order chi connectivity index (χ1) is 15.7. The minimum absolute atomic E-state index is 0.00904. The molecule has 1 saturated heterocycles. The number of Topliss-reactive ketones (excluding diaryl/α,β-unsaturated/α-hetero) is 1. The van der Waals surface area contributed by atoms with Crippen LogP contribution in [0.25, 0.3) is 6.08 Å². The summed E-state index contributed by atoms with van der Waals surface area (Å²) in [4.78, 5) is 12.8. The van der Waals surface area contributed by atoms with Crippen LogP contribution in [-0.2, 0) is 4.74 Å². The van der Waals surface area contributed by atoms with Crippen LogP contribution < -0.4 is 14.2 Å². The van der Waals surface area contributed by atoms with Gasteiger partial charge in [-0.1, -0.05) is 6.07 Å². The zero-order valence-electron chi connectivity index (χ0n) is 17.3. The van der Waals surface area contributed by atoms with E-state index in [1.54, 1.807) is 0 Å². The van der Waals surface area contributed by atoms with Crippen molar-refractivity contribution < 1.29 is 54.4 Å². The van der Waals surface area contributed by atoms with Crippen molar-refractivity contribution in [2.24, 2.45) is 0 Å². The normalized spacial score (nSPS) is 27.8. The molecule has 1 fully saturated rings. The minimum atomic E-state index is -1.64. The monoisotopic (exact) mass is 462 g/mol. The maximum Gasteiger partial charge on any atom is 0.232 e. The van der Waals surface area contributed by atoms with E-state index in [0.29, 0.717) is 5.56 Å². The molecule has 4 rings (SSSR count). The molecule has 11 heteroatoms. The van der Waals surface area contributed by atoms with E-state index in [-0.39, 0.29) is 40.1 Å². The number of aliphatic hydroxyl groups excluding tert-OH is 4. The summed E-state index contributed by atoms with van der Waals surface area (Å²) in [5.41, 5.74) is 0.570. The second kappa shape index (κ2) is 8.89. The topological polar surface area (TPSA) is 175 Å². The Morgan fingerprint density at radius 3 is 2.45 bits per heavy atom.